The molecule has 3 aromatic rings. The van der Waals surface area contributed by atoms with Gasteiger partial charge in [0, 0.05) is 21.3 Å². The Bertz CT molecular complexity index is 927. The van der Waals surface area contributed by atoms with Gasteiger partial charge in [0.1, 0.15) is 13.2 Å². The van der Waals surface area contributed by atoms with Gasteiger partial charge in [0.25, 0.3) is 0 Å². The summed E-state index contributed by atoms with van der Waals surface area (Å²) in [7, 11) is 0. The lowest BCUT2D eigenvalue weighted by molar-refractivity contribution is -0.142. The summed E-state index contributed by atoms with van der Waals surface area (Å²) >= 11 is 3.40. The first-order valence-corrected chi connectivity index (χ1v) is 9.25. The summed E-state index contributed by atoms with van der Waals surface area (Å²) in [4.78, 5) is 24.8. The van der Waals surface area contributed by atoms with Crippen molar-refractivity contribution in [1.82, 2.24) is 0 Å². The van der Waals surface area contributed by atoms with Crippen molar-refractivity contribution in [2.24, 2.45) is 0 Å². The maximum absolute atomic E-state index is 12.8. The largest absolute Gasteiger partial charge is 0.460 e. The highest BCUT2D eigenvalue weighted by Gasteiger charge is 2.15. The van der Waals surface area contributed by atoms with Crippen LogP contribution in [0.3, 0.4) is 0 Å². The third-order valence-corrected chi connectivity index (χ3v) is 4.42. The van der Waals surface area contributed by atoms with Crippen molar-refractivity contribution in [3.8, 4) is 0 Å². The minimum absolute atomic E-state index is 0.0243. The summed E-state index contributed by atoms with van der Waals surface area (Å²) in [5.74, 6) is -0.503. The van der Waals surface area contributed by atoms with E-state index in [1.165, 1.54) is 0 Å². The molecular formula is C22H18BrNO3. The molecule has 0 heterocycles. The first-order chi connectivity index (χ1) is 13.1. The molecule has 3 aromatic carbocycles. The number of benzene rings is 3. The molecular weight excluding hydrogens is 406 g/mol. The third-order valence-electron chi connectivity index (χ3n) is 3.93. The maximum atomic E-state index is 12.8. The first-order valence-electron chi connectivity index (χ1n) is 8.46. The van der Waals surface area contributed by atoms with Crippen LogP contribution in [0.1, 0.15) is 21.5 Å². The highest BCUT2D eigenvalue weighted by atomic mass is 79.9. The summed E-state index contributed by atoms with van der Waals surface area (Å²) < 4.78 is 6.05. The lowest BCUT2D eigenvalue weighted by Gasteiger charge is -2.12. The predicted octanol–water partition coefficient (Wildman–Crippen LogP) is 4.84. The van der Waals surface area contributed by atoms with E-state index >= 15 is 0 Å². The van der Waals surface area contributed by atoms with Gasteiger partial charge < -0.3 is 10.1 Å². The topological polar surface area (TPSA) is 55.4 Å². The number of carbonyl (C=O) groups is 2. The number of carbonyl (C=O) groups excluding carboxylic acids is 2. The molecule has 5 heteroatoms. The zero-order valence-corrected chi connectivity index (χ0v) is 16.1. The second kappa shape index (κ2) is 9.14. The van der Waals surface area contributed by atoms with Gasteiger partial charge in [-0.1, -0.05) is 76.6 Å². The smallest absolute Gasteiger partial charge is 0.325 e. The van der Waals surface area contributed by atoms with Crippen LogP contribution in [0, 0.1) is 0 Å². The molecule has 0 aliphatic carbocycles. The average molecular weight is 424 g/mol. The van der Waals surface area contributed by atoms with Crippen LogP contribution in [0.25, 0.3) is 0 Å². The lowest BCUT2D eigenvalue weighted by atomic mass is 10.0. The average Bonchev–Trinajstić information content (AvgIpc) is 2.72. The van der Waals surface area contributed by atoms with E-state index in [1.807, 2.05) is 54.6 Å². The number of ketones is 1. The summed E-state index contributed by atoms with van der Waals surface area (Å²) in [5, 5.41) is 3.01. The molecule has 0 aliphatic rings. The molecule has 27 heavy (non-hydrogen) atoms. The molecule has 0 spiro atoms. The molecule has 0 aromatic heterocycles. The van der Waals surface area contributed by atoms with E-state index in [-0.39, 0.29) is 24.9 Å². The Kier molecular flexibility index (Phi) is 6.39. The Morgan fingerprint density at radius 1 is 0.889 bits per heavy atom. The molecule has 0 aliphatic heterocycles. The standard InChI is InChI=1S/C22H18BrNO3/c23-18-11-12-20(19(13-18)22(26)17-9-5-2-6-10-17)24-14-21(25)27-15-16-7-3-1-4-8-16/h1-13,24H,14-15H2. The van der Waals surface area contributed by atoms with Crippen molar-refractivity contribution < 1.29 is 14.3 Å². The van der Waals surface area contributed by atoms with Crippen molar-refractivity contribution >= 4 is 33.4 Å². The summed E-state index contributed by atoms with van der Waals surface area (Å²) in [5.41, 5.74) is 2.59. The molecule has 4 nitrogen and oxygen atoms in total. The van der Waals surface area contributed by atoms with E-state index in [0.717, 1.165) is 10.0 Å². The van der Waals surface area contributed by atoms with E-state index in [2.05, 4.69) is 21.2 Å². The normalized spacial score (nSPS) is 10.3. The Labute approximate surface area is 166 Å². The van der Waals surface area contributed by atoms with Crippen LogP contribution in [-0.4, -0.2) is 18.3 Å². The maximum Gasteiger partial charge on any atom is 0.325 e. The van der Waals surface area contributed by atoms with Gasteiger partial charge >= 0.3 is 5.97 Å². The summed E-state index contributed by atoms with van der Waals surface area (Å²) in [6, 6.07) is 23.8. The van der Waals surface area contributed by atoms with Gasteiger partial charge in [0.2, 0.25) is 0 Å². The monoisotopic (exact) mass is 423 g/mol. The number of rotatable bonds is 7. The van der Waals surface area contributed by atoms with Gasteiger partial charge in [0.15, 0.2) is 5.78 Å². The van der Waals surface area contributed by atoms with Gasteiger partial charge in [-0.15, -0.1) is 0 Å². The van der Waals surface area contributed by atoms with Gasteiger partial charge in [0.05, 0.1) is 0 Å². The Balaban J connectivity index is 1.66. The van der Waals surface area contributed by atoms with Crippen molar-refractivity contribution in [2.75, 3.05) is 11.9 Å². The number of ether oxygens (including phenoxy) is 1. The van der Waals surface area contributed by atoms with Crippen LogP contribution in [0.4, 0.5) is 5.69 Å². The molecule has 0 fully saturated rings. The van der Waals surface area contributed by atoms with Crippen LogP contribution >= 0.6 is 15.9 Å². The van der Waals surface area contributed by atoms with E-state index in [1.54, 1.807) is 24.3 Å². The van der Waals surface area contributed by atoms with E-state index in [9.17, 15) is 9.59 Å². The summed E-state index contributed by atoms with van der Waals surface area (Å²) in [6.07, 6.45) is 0. The number of halogens is 1. The molecule has 136 valence electrons. The predicted molar refractivity (Wildman–Crippen MR) is 109 cm³/mol. The number of anilines is 1. The Hall–Kier alpha value is -2.92. The fourth-order valence-corrected chi connectivity index (χ4v) is 2.92. The van der Waals surface area contributed by atoms with E-state index in [0.29, 0.717) is 16.8 Å². The molecule has 0 amide bonds. The van der Waals surface area contributed by atoms with Crippen molar-refractivity contribution in [1.29, 1.82) is 0 Å². The zero-order valence-electron chi connectivity index (χ0n) is 14.5. The fraction of sp³-hybridized carbons (Fsp3) is 0.0909. The third kappa shape index (κ3) is 5.28. The highest BCUT2D eigenvalue weighted by molar-refractivity contribution is 9.10. The Morgan fingerprint density at radius 3 is 2.26 bits per heavy atom. The molecule has 0 saturated carbocycles. The van der Waals surface area contributed by atoms with Gasteiger partial charge in [-0.25, -0.2) is 0 Å². The number of esters is 1. The van der Waals surface area contributed by atoms with Crippen LogP contribution in [-0.2, 0) is 16.1 Å². The van der Waals surface area contributed by atoms with Crippen LogP contribution in [0.5, 0.6) is 0 Å². The molecule has 0 radical (unpaired) electrons. The SMILES string of the molecule is O=C(CNc1ccc(Br)cc1C(=O)c1ccccc1)OCc1ccccc1. The molecule has 3 rings (SSSR count). The second-order valence-electron chi connectivity index (χ2n) is 5.88. The van der Waals surface area contributed by atoms with E-state index in [4.69, 9.17) is 4.74 Å². The quantitative estimate of drug-likeness (QED) is 0.436. The summed E-state index contributed by atoms with van der Waals surface area (Å²) in [6.45, 7) is 0.195. The van der Waals surface area contributed by atoms with Gasteiger partial charge in [-0.05, 0) is 23.8 Å². The first kappa shape index (κ1) is 18.9. The van der Waals surface area contributed by atoms with Crippen LogP contribution in [0.15, 0.2) is 83.3 Å². The zero-order chi connectivity index (χ0) is 19.1. The fourth-order valence-electron chi connectivity index (χ4n) is 2.56. The van der Waals surface area contributed by atoms with Crippen LogP contribution in [0.2, 0.25) is 0 Å². The second-order valence-corrected chi connectivity index (χ2v) is 6.80. The van der Waals surface area contributed by atoms with Crippen molar-refractivity contribution in [3.05, 3.63) is 100 Å². The molecule has 0 atom stereocenters. The molecule has 1 N–H and O–H groups in total. The molecule has 0 unspecified atom stereocenters. The van der Waals surface area contributed by atoms with Crippen molar-refractivity contribution in [2.45, 2.75) is 6.61 Å². The van der Waals surface area contributed by atoms with Crippen molar-refractivity contribution in [3.63, 3.8) is 0 Å². The molecule has 0 bridgehead atoms. The minimum Gasteiger partial charge on any atom is -0.460 e. The van der Waals surface area contributed by atoms with Gasteiger partial charge in [-0.2, -0.15) is 0 Å². The number of hydrogen-bond acceptors (Lipinski definition) is 4. The highest BCUT2D eigenvalue weighted by Crippen LogP contribution is 2.24. The van der Waals surface area contributed by atoms with Gasteiger partial charge in [-0.3, -0.25) is 9.59 Å². The van der Waals surface area contributed by atoms with Crippen LogP contribution < -0.4 is 5.32 Å². The number of hydrogen-bond donors (Lipinski definition) is 1. The Morgan fingerprint density at radius 2 is 1.56 bits per heavy atom. The number of nitrogens with one attached hydrogen (secondary N) is 1. The molecule has 0 saturated heterocycles. The van der Waals surface area contributed by atoms with E-state index < -0.39 is 0 Å². The minimum atomic E-state index is -0.389. The lowest BCUT2D eigenvalue weighted by Crippen LogP contribution is -2.18.